The molecule has 1 heterocycles. The van der Waals surface area contributed by atoms with Gasteiger partial charge in [0.15, 0.2) is 0 Å². The summed E-state index contributed by atoms with van der Waals surface area (Å²) in [5, 5.41) is 11.7. The SMILES string of the molecule is CC(C)COc1ccc(C(O)=C2C(=O)C(=O)N(CCCN(C)C)C2c2ccc(Cl)cc2)cc1. The van der Waals surface area contributed by atoms with Crippen LogP contribution < -0.4 is 4.74 Å². The van der Waals surface area contributed by atoms with Crippen LogP contribution in [0.4, 0.5) is 0 Å². The van der Waals surface area contributed by atoms with Crippen molar-refractivity contribution < 1.29 is 19.4 Å². The molecule has 176 valence electrons. The van der Waals surface area contributed by atoms with Crippen LogP contribution in [0.1, 0.15) is 37.4 Å². The largest absolute Gasteiger partial charge is 0.507 e. The molecular weight excluding hydrogens is 440 g/mol. The van der Waals surface area contributed by atoms with E-state index in [0.29, 0.717) is 41.8 Å². The van der Waals surface area contributed by atoms with Gasteiger partial charge in [-0.05, 0) is 74.9 Å². The van der Waals surface area contributed by atoms with Crippen LogP contribution in [0.15, 0.2) is 54.1 Å². The zero-order chi connectivity index (χ0) is 24.1. The first-order valence-electron chi connectivity index (χ1n) is 11.1. The number of halogens is 1. The zero-order valence-electron chi connectivity index (χ0n) is 19.5. The second-order valence-electron chi connectivity index (χ2n) is 8.93. The van der Waals surface area contributed by atoms with Gasteiger partial charge in [-0.3, -0.25) is 9.59 Å². The van der Waals surface area contributed by atoms with Gasteiger partial charge in [-0.25, -0.2) is 0 Å². The van der Waals surface area contributed by atoms with Crippen LogP contribution in [0.25, 0.3) is 5.76 Å². The summed E-state index contributed by atoms with van der Waals surface area (Å²) >= 11 is 6.06. The molecule has 0 aromatic heterocycles. The Kier molecular flexibility index (Phi) is 8.16. The number of ketones is 1. The number of carbonyl (C=O) groups excluding carboxylic acids is 2. The third-order valence-electron chi connectivity index (χ3n) is 5.44. The summed E-state index contributed by atoms with van der Waals surface area (Å²) in [6, 6.07) is 13.2. The number of likely N-dealkylation sites (tertiary alicyclic amines) is 1. The third kappa shape index (κ3) is 5.95. The van der Waals surface area contributed by atoms with E-state index in [4.69, 9.17) is 16.3 Å². The van der Waals surface area contributed by atoms with Crippen LogP contribution in [0.2, 0.25) is 5.02 Å². The summed E-state index contributed by atoms with van der Waals surface area (Å²) < 4.78 is 5.70. The minimum atomic E-state index is -0.683. The van der Waals surface area contributed by atoms with Crippen LogP contribution in [0, 0.1) is 5.92 Å². The van der Waals surface area contributed by atoms with Gasteiger partial charge in [0.05, 0.1) is 18.2 Å². The quantitative estimate of drug-likeness (QED) is 0.325. The average Bonchev–Trinajstić information content (AvgIpc) is 3.03. The van der Waals surface area contributed by atoms with E-state index in [2.05, 4.69) is 13.8 Å². The average molecular weight is 471 g/mol. The highest BCUT2D eigenvalue weighted by molar-refractivity contribution is 6.46. The van der Waals surface area contributed by atoms with Gasteiger partial charge in [0, 0.05) is 17.1 Å². The molecule has 1 saturated heterocycles. The predicted molar refractivity (Wildman–Crippen MR) is 130 cm³/mol. The van der Waals surface area contributed by atoms with Gasteiger partial charge in [0.25, 0.3) is 11.7 Å². The summed E-state index contributed by atoms with van der Waals surface area (Å²) in [6.45, 7) is 5.88. The molecule has 0 aliphatic carbocycles. The van der Waals surface area contributed by atoms with Crippen LogP contribution in [0.5, 0.6) is 5.75 Å². The molecule has 0 radical (unpaired) electrons. The van der Waals surface area contributed by atoms with E-state index in [9.17, 15) is 14.7 Å². The lowest BCUT2D eigenvalue weighted by molar-refractivity contribution is -0.139. The number of amides is 1. The Bertz CT molecular complexity index is 1010. The molecule has 3 rings (SSSR count). The number of aliphatic hydroxyl groups is 1. The first kappa shape index (κ1) is 24.8. The van der Waals surface area contributed by atoms with Crippen molar-refractivity contribution in [2.75, 3.05) is 33.8 Å². The molecule has 0 spiro atoms. The van der Waals surface area contributed by atoms with E-state index >= 15 is 0 Å². The van der Waals surface area contributed by atoms with Gasteiger partial charge in [-0.1, -0.05) is 37.6 Å². The molecule has 1 aliphatic heterocycles. The topological polar surface area (TPSA) is 70.1 Å². The summed E-state index contributed by atoms with van der Waals surface area (Å²) in [4.78, 5) is 29.6. The Labute approximate surface area is 200 Å². The minimum Gasteiger partial charge on any atom is -0.507 e. The molecule has 0 bridgehead atoms. The lowest BCUT2D eigenvalue weighted by atomic mass is 9.95. The molecule has 1 N–H and O–H groups in total. The highest BCUT2D eigenvalue weighted by Crippen LogP contribution is 2.39. The van der Waals surface area contributed by atoms with Gasteiger partial charge < -0.3 is 19.6 Å². The number of Topliss-reactive ketones (excluding diaryl/α,β-unsaturated/α-hetero) is 1. The van der Waals surface area contributed by atoms with E-state index < -0.39 is 17.7 Å². The summed E-state index contributed by atoms with van der Waals surface area (Å²) in [5.41, 5.74) is 1.27. The van der Waals surface area contributed by atoms with E-state index in [1.165, 1.54) is 0 Å². The normalized spacial score (nSPS) is 17.9. The minimum absolute atomic E-state index is 0.0861. The summed E-state index contributed by atoms with van der Waals surface area (Å²) in [6.07, 6.45) is 0.700. The van der Waals surface area contributed by atoms with Crippen LogP contribution in [0.3, 0.4) is 0 Å². The molecule has 1 aliphatic rings. The van der Waals surface area contributed by atoms with Gasteiger partial charge in [-0.15, -0.1) is 0 Å². The van der Waals surface area contributed by atoms with E-state index in [0.717, 1.165) is 12.1 Å². The van der Waals surface area contributed by atoms with Gasteiger partial charge in [0.2, 0.25) is 0 Å². The number of hydrogen-bond acceptors (Lipinski definition) is 5. The third-order valence-corrected chi connectivity index (χ3v) is 5.69. The fourth-order valence-electron chi connectivity index (χ4n) is 3.79. The number of aliphatic hydroxyl groups excluding tert-OH is 1. The first-order valence-corrected chi connectivity index (χ1v) is 11.5. The summed E-state index contributed by atoms with van der Waals surface area (Å²) in [5.74, 6) is -0.414. The summed E-state index contributed by atoms with van der Waals surface area (Å²) in [7, 11) is 3.92. The molecule has 1 amide bonds. The Morgan fingerprint density at radius 2 is 1.73 bits per heavy atom. The van der Waals surface area contributed by atoms with E-state index in [-0.39, 0.29) is 11.3 Å². The van der Waals surface area contributed by atoms with Gasteiger partial charge in [-0.2, -0.15) is 0 Å². The zero-order valence-corrected chi connectivity index (χ0v) is 20.3. The van der Waals surface area contributed by atoms with Crippen molar-refractivity contribution in [3.05, 3.63) is 70.3 Å². The Morgan fingerprint density at radius 3 is 2.30 bits per heavy atom. The second-order valence-corrected chi connectivity index (χ2v) is 9.37. The lowest BCUT2D eigenvalue weighted by Gasteiger charge is -2.26. The monoisotopic (exact) mass is 470 g/mol. The molecule has 2 aromatic carbocycles. The van der Waals surface area contributed by atoms with E-state index in [1.807, 2.05) is 19.0 Å². The van der Waals surface area contributed by atoms with Crippen LogP contribution >= 0.6 is 11.6 Å². The van der Waals surface area contributed by atoms with Crippen LogP contribution in [-0.2, 0) is 9.59 Å². The maximum absolute atomic E-state index is 13.1. The van der Waals surface area contributed by atoms with Gasteiger partial charge >= 0.3 is 0 Å². The van der Waals surface area contributed by atoms with Crippen LogP contribution in [-0.4, -0.2) is 60.4 Å². The second kappa shape index (κ2) is 10.9. The van der Waals surface area contributed by atoms with Crippen molar-refractivity contribution in [3.8, 4) is 5.75 Å². The molecule has 1 fully saturated rings. The van der Waals surface area contributed by atoms with E-state index in [1.54, 1.807) is 53.4 Å². The molecule has 0 saturated carbocycles. The van der Waals surface area contributed by atoms with Crippen molar-refractivity contribution in [1.82, 2.24) is 9.80 Å². The predicted octanol–water partition coefficient (Wildman–Crippen LogP) is 4.75. The van der Waals surface area contributed by atoms with Crippen molar-refractivity contribution in [2.45, 2.75) is 26.3 Å². The molecule has 33 heavy (non-hydrogen) atoms. The highest BCUT2D eigenvalue weighted by Gasteiger charge is 2.45. The maximum atomic E-state index is 13.1. The molecule has 2 aromatic rings. The number of nitrogens with zero attached hydrogens (tertiary/aromatic N) is 2. The Balaban J connectivity index is 1.99. The van der Waals surface area contributed by atoms with Gasteiger partial charge in [0.1, 0.15) is 11.5 Å². The van der Waals surface area contributed by atoms with Crippen molar-refractivity contribution in [2.24, 2.45) is 5.92 Å². The first-order chi connectivity index (χ1) is 15.7. The number of hydrogen-bond donors (Lipinski definition) is 1. The maximum Gasteiger partial charge on any atom is 0.295 e. The number of rotatable bonds is 9. The standard InChI is InChI=1S/C26H31ClN2O4/c1-17(2)16-33-21-12-8-19(9-13-21)24(30)22-23(18-6-10-20(27)11-7-18)29(26(32)25(22)31)15-5-14-28(3)4/h6-13,17,23,30H,5,14-16H2,1-4H3. The molecule has 6 nitrogen and oxygen atoms in total. The Hall–Kier alpha value is -2.83. The number of ether oxygens (including phenoxy) is 1. The molecule has 1 atom stereocenters. The number of benzene rings is 2. The molecular formula is C26H31ClN2O4. The lowest BCUT2D eigenvalue weighted by Crippen LogP contribution is -2.32. The number of carbonyl (C=O) groups is 2. The van der Waals surface area contributed by atoms with Crippen molar-refractivity contribution in [1.29, 1.82) is 0 Å². The fourth-order valence-corrected chi connectivity index (χ4v) is 3.91. The smallest absolute Gasteiger partial charge is 0.295 e. The van der Waals surface area contributed by atoms with Crippen molar-refractivity contribution >= 4 is 29.1 Å². The highest BCUT2D eigenvalue weighted by atomic mass is 35.5. The Morgan fingerprint density at radius 1 is 1.09 bits per heavy atom. The molecule has 7 heteroatoms. The van der Waals surface area contributed by atoms with Crippen molar-refractivity contribution in [3.63, 3.8) is 0 Å². The fraction of sp³-hybridized carbons (Fsp3) is 0.385. The molecule has 1 unspecified atom stereocenters.